The van der Waals surface area contributed by atoms with E-state index in [2.05, 4.69) is 17.1 Å². The number of nitrogens with zero attached hydrogens (tertiary/aromatic N) is 1. The van der Waals surface area contributed by atoms with E-state index in [9.17, 15) is 4.79 Å². The molecule has 1 aromatic heterocycles. The van der Waals surface area contributed by atoms with E-state index < -0.39 is 0 Å². The standard InChI is InChI=1S/C22H26N2O4/c1-14-16(11-15-9-7-6-8-10-15)18-17(12-24(2)3)20(28-13-25)22(27-5)21(26-4)19(18)23-14/h6-10,13,23H,11-12H2,1-5H3. The molecule has 0 fully saturated rings. The zero-order chi connectivity index (χ0) is 20.3. The SMILES string of the molecule is COc1c(OC=O)c(CN(C)C)c2c(Cc3ccccc3)c(C)[nH]c2c1OC. The summed E-state index contributed by atoms with van der Waals surface area (Å²) in [5.74, 6) is 1.33. The van der Waals surface area contributed by atoms with Crippen LogP contribution in [0.2, 0.25) is 0 Å². The van der Waals surface area contributed by atoms with Crippen molar-refractivity contribution in [2.75, 3.05) is 28.3 Å². The first-order valence-corrected chi connectivity index (χ1v) is 9.08. The van der Waals surface area contributed by atoms with Gasteiger partial charge in [0.25, 0.3) is 6.47 Å². The van der Waals surface area contributed by atoms with Crippen molar-refractivity contribution >= 4 is 17.4 Å². The molecule has 0 saturated heterocycles. The predicted octanol–water partition coefficient (Wildman–Crippen LogP) is 3.68. The smallest absolute Gasteiger partial charge is 0.298 e. The van der Waals surface area contributed by atoms with Crippen LogP contribution in [-0.2, 0) is 17.8 Å². The summed E-state index contributed by atoms with van der Waals surface area (Å²) in [6.45, 7) is 3.06. The maximum Gasteiger partial charge on any atom is 0.298 e. The van der Waals surface area contributed by atoms with Gasteiger partial charge in [-0.05, 0) is 38.6 Å². The fourth-order valence-corrected chi connectivity index (χ4v) is 3.68. The first kappa shape index (κ1) is 19.8. The van der Waals surface area contributed by atoms with Crippen molar-refractivity contribution in [3.63, 3.8) is 0 Å². The number of methoxy groups -OCH3 is 2. The molecular formula is C22H26N2O4. The number of nitrogens with one attached hydrogen (secondary N) is 1. The fraction of sp³-hybridized carbons (Fsp3) is 0.318. The molecule has 6 heteroatoms. The first-order chi connectivity index (χ1) is 13.5. The number of aryl methyl sites for hydroxylation is 1. The molecule has 3 rings (SSSR count). The van der Waals surface area contributed by atoms with Crippen LogP contribution in [0.5, 0.6) is 17.2 Å². The third-order valence-corrected chi connectivity index (χ3v) is 4.80. The van der Waals surface area contributed by atoms with Crippen LogP contribution in [0, 0.1) is 6.92 Å². The largest absolute Gasteiger partial charge is 0.491 e. The summed E-state index contributed by atoms with van der Waals surface area (Å²) in [5.41, 5.74) is 5.13. The van der Waals surface area contributed by atoms with E-state index in [-0.39, 0.29) is 0 Å². The molecular weight excluding hydrogens is 356 g/mol. The highest BCUT2D eigenvalue weighted by Gasteiger charge is 2.27. The van der Waals surface area contributed by atoms with E-state index in [0.29, 0.717) is 30.3 Å². The highest BCUT2D eigenvalue weighted by molar-refractivity contribution is 5.98. The van der Waals surface area contributed by atoms with Gasteiger partial charge in [-0.3, -0.25) is 4.79 Å². The van der Waals surface area contributed by atoms with Gasteiger partial charge in [-0.1, -0.05) is 30.3 Å². The number of carbonyl (C=O) groups is 1. The Morgan fingerprint density at radius 1 is 1.00 bits per heavy atom. The zero-order valence-corrected chi connectivity index (χ0v) is 17.0. The molecule has 1 heterocycles. The van der Waals surface area contributed by atoms with Gasteiger partial charge in [-0.2, -0.15) is 0 Å². The molecule has 0 spiro atoms. The number of benzene rings is 2. The number of aromatic nitrogens is 1. The summed E-state index contributed by atoms with van der Waals surface area (Å²) < 4.78 is 16.6. The van der Waals surface area contributed by atoms with Crippen LogP contribution >= 0.6 is 0 Å². The van der Waals surface area contributed by atoms with Gasteiger partial charge in [0.2, 0.25) is 5.75 Å². The number of H-pyrrole nitrogens is 1. The Labute approximate surface area is 165 Å². The van der Waals surface area contributed by atoms with Gasteiger partial charge in [0.15, 0.2) is 11.5 Å². The second-order valence-electron chi connectivity index (χ2n) is 6.97. The van der Waals surface area contributed by atoms with Gasteiger partial charge >= 0.3 is 0 Å². The van der Waals surface area contributed by atoms with Crippen LogP contribution in [-0.4, -0.2) is 44.7 Å². The summed E-state index contributed by atoms with van der Waals surface area (Å²) in [6, 6.07) is 10.3. The van der Waals surface area contributed by atoms with Crippen molar-refractivity contribution in [1.29, 1.82) is 0 Å². The van der Waals surface area contributed by atoms with Crippen LogP contribution in [0.25, 0.3) is 10.9 Å². The van der Waals surface area contributed by atoms with Crippen LogP contribution in [0.1, 0.15) is 22.4 Å². The lowest BCUT2D eigenvalue weighted by Gasteiger charge is -2.20. The number of hydrogen-bond donors (Lipinski definition) is 1. The molecule has 0 bridgehead atoms. The molecule has 28 heavy (non-hydrogen) atoms. The van der Waals surface area contributed by atoms with E-state index in [4.69, 9.17) is 14.2 Å². The molecule has 3 aromatic rings. The van der Waals surface area contributed by atoms with E-state index in [1.54, 1.807) is 14.2 Å². The summed E-state index contributed by atoms with van der Waals surface area (Å²) in [5, 5.41) is 1.00. The number of hydrogen-bond acceptors (Lipinski definition) is 5. The lowest BCUT2D eigenvalue weighted by Crippen LogP contribution is -2.13. The van der Waals surface area contributed by atoms with Gasteiger partial charge in [-0.15, -0.1) is 0 Å². The van der Waals surface area contributed by atoms with Crippen LogP contribution in [0.15, 0.2) is 30.3 Å². The Balaban J connectivity index is 2.37. The average molecular weight is 382 g/mol. The molecule has 0 radical (unpaired) electrons. The lowest BCUT2D eigenvalue weighted by atomic mass is 9.97. The minimum absolute atomic E-state index is 0.392. The van der Waals surface area contributed by atoms with Gasteiger partial charge in [0.1, 0.15) is 0 Å². The summed E-state index contributed by atoms with van der Waals surface area (Å²) >= 11 is 0. The minimum Gasteiger partial charge on any atom is -0.491 e. The molecule has 1 N–H and O–H groups in total. The Morgan fingerprint density at radius 3 is 2.25 bits per heavy atom. The summed E-state index contributed by atoms with van der Waals surface area (Å²) in [7, 11) is 7.08. The van der Waals surface area contributed by atoms with Crippen molar-refractivity contribution in [1.82, 2.24) is 9.88 Å². The van der Waals surface area contributed by atoms with Crippen molar-refractivity contribution in [3.8, 4) is 17.2 Å². The number of ether oxygens (including phenoxy) is 3. The van der Waals surface area contributed by atoms with E-state index >= 15 is 0 Å². The second-order valence-corrected chi connectivity index (χ2v) is 6.97. The minimum atomic E-state index is 0.392. The van der Waals surface area contributed by atoms with Gasteiger partial charge in [0, 0.05) is 23.2 Å². The predicted molar refractivity (Wildman–Crippen MR) is 109 cm³/mol. The average Bonchev–Trinajstić information content (AvgIpc) is 2.99. The first-order valence-electron chi connectivity index (χ1n) is 9.08. The summed E-state index contributed by atoms with van der Waals surface area (Å²) in [6.07, 6.45) is 0.753. The number of carbonyl (C=O) groups excluding carboxylic acids is 1. The third kappa shape index (κ3) is 3.55. The van der Waals surface area contributed by atoms with Crippen molar-refractivity contribution in [3.05, 3.63) is 52.7 Å². The van der Waals surface area contributed by atoms with E-state index in [1.807, 2.05) is 44.1 Å². The normalized spacial score (nSPS) is 11.1. The monoisotopic (exact) mass is 382 g/mol. The van der Waals surface area contributed by atoms with Gasteiger partial charge in [0.05, 0.1) is 19.7 Å². The molecule has 0 amide bonds. The molecule has 0 saturated carbocycles. The van der Waals surface area contributed by atoms with Crippen molar-refractivity contribution in [2.24, 2.45) is 0 Å². The van der Waals surface area contributed by atoms with Crippen LogP contribution < -0.4 is 14.2 Å². The summed E-state index contributed by atoms with van der Waals surface area (Å²) in [4.78, 5) is 16.7. The highest BCUT2D eigenvalue weighted by atomic mass is 16.6. The topological polar surface area (TPSA) is 63.8 Å². The van der Waals surface area contributed by atoms with E-state index in [0.717, 1.165) is 34.1 Å². The Bertz CT molecular complexity index is 978. The molecule has 0 aliphatic rings. The van der Waals surface area contributed by atoms with E-state index in [1.165, 1.54) is 5.56 Å². The molecule has 2 aromatic carbocycles. The molecule has 0 unspecified atom stereocenters. The maximum atomic E-state index is 11.3. The second kappa shape index (κ2) is 8.35. The third-order valence-electron chi connectivity index (χ3n) is 4.80. The lowest BCUT2D eigenvalue weighted by molar-refractivity contribution is -0.120. The molecule has 0 aliphatic carbocycles. The van der Waals surface area contributed by atoms with Crippen LogP contribution in [0.3, 0.4) is 0 Å². The fourth-order valence-electron chi connectivity index (χ4n) is 3.68. The quantitative estimate of drug-likeness (QED) is 0.602. The Kier molecular flexibility index (Phi) is 5.90. The molecule has 6 nitrogen and oxygen atoms in total. The zero-order valence-electron chi connectivity index (χ0n) is 17.0. The van der Waals surface area contributed by atoms with Crippen LogP contribution in [0.4, 0.5) is 0 Å². The Hall–Kier alpha value is -2.99. The number of fused-ring (bicyclic) bond motifs is 1. The van der Waals surface area contributed by atoms with Gasteiger partial charge < -0.3 is 24.1 Å². The molecule has 148 valence electrons. The molecule has 0 atom stereocenters. The highest BCUT2D eigenvalue weighted by Crippen LogP contribution is 2.48. The number of aromatic amines is 1. The molecule has 0 aliphatic heterocycles. The Morgan fingerprint density at radius 2 is 1.68 bits per heavy atom. The van der Waals surface area contributed by atoms with Gasteiger partial charge in [-0.25, -0.2) is 0 Å². The van der Waals surface area contributed by atoms with Crippen molar-refractivity contribution < 1.29 is 19.0 Å². The van der Waals surface area contributed by atoms with Crippen molar-refractivity contribution in [2.45, 2.75) is 19.9 Å². The maximum absolute atomic E-state index is 11.3. The number of rotatable bonds is 8.